The average molecular weight is 119 g/mol. The number of rotatable bonds is 1. The summed E-state index contributed by atoms with van der Waals surface area (Å²) in [6.07, 6.45) is 0. The van der Waals surface area contributed by atoms with E-state index in [9.17, 15) is 0 Å². The topological polar surface area (TPSA) is 22.1 Å². The number of aryl methyl sites for hydroxylation is 1. The number of hydrogen-bond donors (Lipinski definition) is 0. The number of pyridine rings is 1. The molecule has 0 aliphatic heterocycles. The first-order valence-electron chi connectivity index (χ1n) is 2.63. The molecule has 44 valence electrons. The second kappa shape index (κ2) is 2.53. The highest BCUT2D eigenvalue weighted by Crippen LogP contribution is 2.03. The van der Waals surface area contributed by atoms with Crippen molar-refractivity contribution < 1.29 is 4.65 Å². The van der Waals surface area contributed by atoms with E-state index in [-0.39, 0.29) is 0 Å². The molecule has 9 heavy (non-hydrogen) atoms. The Morgan fingerprint density at radius 1 is 1.56 bits per heavy atom. The van der Waals surface area contributed by atoms with Gasteiger partial charge < -0.3 is 4.65 Å². The van der Waals surface area contributed by atoms with Gasteiger partial charge in [-0.3, -0.25) is 0 Å². The molecule has 0 spiro atoms. The summed E-state index contributed by atoms with van der Waals surface area (Å²) >= 11 is 0. The second-order valence-corrected chi connectivity index (χ2v) is 1.74. The van der Waals surface area contributed by atoms with Gasteiger partial charge in [0.25, 0.3) is 0 Å². The molecule has 0 atom stereocenters. The molecular weight excluding hydrogens is 113 g/mol. The SMILES string of the molecule is [B]Oc1cccc(C)n1. The first-order chi connectivity index (χ1) is 4.33. The van der Waals surface area contributed by atoms with Crippen molar-refractivity contribution in [1.29, 1.82) is 0 Å². The smallest absolute Gasteiger partial charge is 0.376 e. The minimum absolute atomic E-state index is 0.454. The van der Waals surface area contributed by atoms with Crippen LogP contribution in [0.5, 0.6) is 5.88 Å². The minimum atomic E-state index is 0.454. The molecule has 0 unspecified atom stereocenters. The van der Waals surface area contributed by atoms with Crippen molar-refractivity contribution in [3.05, 3.63) is 23.9 Å². The Labute approximate surface area is 55.3 Å². The zero-order chi connectivity index (χ0) is 6.69. The maximum atomic E-state index is 4.86. The maximum absolute atomic E-state index is 4.86. The molecule has 1 rings (SSSR count). The standard InChI is InChI=1S/C6H6BNO/c1-5-3-2-4-6(8-5)9-7/h2-4H,1H3. The Morgan fingerprint density at radius 2 is 2.33 bits per heavy atom. The van der Waals surface area contributed by atoms with Gasteiger partial charge in [-0.15, -0.1) is 0 Å². The van der Waals surface area contributed by atoms with E-state index in [4.69, 9.17) is 8.05 Å². The summed E-state index contributed by atoms with van der Waals surface area (Å²) in [5, 5.41) is 0. The van der Waals surface area contributed by atoms with E-state index in [0.717, 1.165) is 5.69 Å². The molecule has 1 aromatic heterocycles. The molecule has 0 N–H and O–H groups in total. The molecule has 2 radical (unpaired) electrons. The molecule has 1 heterocycles. The molecule has 0 bridgehead atoms. The monoisotopic (exact) mass is 119 g/mol. The Morgan fingerprint density at radius 3 is 2.78 bits per heavy atom. The lowest BCUT2D eigenvalue weighted by Gasteiger charge is -1.97. The quantitative estimate of drug-likeness (QED) is 0.511. The first kappa shape index (κ1) is 6.14. The highest BCUT2D eigenvalue weighted by Gasteiger charge is 1.88. The molecule has 2 nitrogen and oxygen atoms in total. The highest BCUT2D eigenvalue weighted by atomic mass is 16.4. The molecule has 0 aliphatic carbocycles. The minimum Gasteiger partial charge on any atom is -0.555 e. The summed E-state index contributed by atoms with van der Waals surface area (Å²) in [6, 6.07) is 5.42. The van der Waals surface area contributed by atoms with Gasteiger partial charge in [0.05, 0.1) is 0 Å². The third-order valence-corrected chi connectivity index (χ3v) is 0.984. The van der Waals surface area contributed by atoms with E-state index in [2.05, 4.69) is 9.64 Å². The first-order valence-corrected chi connectivity index (χ1v) is 2.63. The molecule has 3 heteroatoms. The van der Waals surface area contributed by atoms with Crippen LogP contribution in [0.25, 0.3) is 0 Å². The van der Waals surface area contributed by atoms with Gasteiger partial charge in [-0.1, -0.05) is 6.07 Å². The lowest BCUT2D eigenvalue weighted by molar-refractivity contribution is 0.586. The van der Waals surface area contributed by atoms with Crippen LogP contribution in [-0.4, -0.2) is 13.0 Å². The van der Waals surface area contributed by atoms with Gasteiger partial charge >= 0.3 is 8.05 Å². The molecule has 0 amide bonds. The van der Waals surface area contributed by atoms with Crippen LogP contribution in [0.1, 0.15) is 5.69 Å². The van der Waals surface area contributed by atoms with Crippen LogP contribution in [0.15, 0.2) is 18.2 Å². The molecule has 0 saturated carbocycles. The molecule has 0 aromatic carbocycles. The van der Waals surface area contributed by atoms with Gasteiger partial charge in [-0.25, -0.2) is 4.98 Å². The Hall–Kier alpha value is -0.985. The van der Waals surface area contributed by atoms with Crippen LogP contribution < -0.4 is 4.65 Å². The summed E-state index contributed by atoms with van der Waals surface area (Å²) in [5.74, 6) is 0.454. The fraction of sp³-hybridized carbons (Fsp3) is 0.167. The van der Waals surface area contributed by atoms with Crippen LogP contribution in [0.3, 0.4) is 0 Å². The van der Waals surface area contributed by atoms with Gasteiger partial charge in [0.2, 0.25) is 0 Å². The van der Waals surface area contributed by atoms with Crippen LogP contribution in [0.4, 0.5) is 0 Å². The predicted octanol–water partition coefficient (Wildman–Crippen LogP) is 0.852. The van der Waals surface area contributed by atoms with Crippen LogP contribution >= 0.6 is 0 Å². The second-order valence-electron chi connectivity index (χ2n) is 1.74. The molecular formula is C6H6BNO. The largest absolute Gasteiger partial charge is 0.555 e. The van der Waals surface area contributed by atoms with Gasteiger partial charge in [0.1, 0.15) is 0 Å². The third kappa shape index (κ3) is 1.45. The Balaban J connectivity index is 2.94. The van der Waals surface area contributed by atoms with Crippen molar-refractivity contribution in [1.82, 2.24) is 4.98 Å². The van der Waals surface area contributed by atoms with Gasteiger partial charge in [-0.05, 0) is 19.1 Å². The van der Waals surface area contributed by atoms with E-state index in [0.29, 0.717) is 5.88 Å². The molecule has 1 aromatic rings. The van der Waals surface area contributed by atoms with Gasteiger partial charge in [0, 0.05) is 5.69 Å². The lowest BCUT2D eigenvalue weighted by atomic mass is 10.4. The lowest BCUT2D eigenvalue weighted by Crippen LogP contribution is -1.89. The van der Waals surface area contributed by atoms with E-state index >= 15 is 0 Å². The summed E-state index contributed by atoms with van der Waals surface area (Å²) < 4.78 is 4.38. The van der Waals surface area contributed by atoms with Crippen molar-refractivity contribution in [3.63, 3.8) is 0 Å². The zero-order valence-electron chi connectivity index (χ0n) is 5.16. The summed E-state index contributed by atoms with van der Waals surface area (Å²) in [5.41, 5.74) is 0.901. The van der Waals surface area contributed by atoms with E-state index < -0.39 is 0 Å². The van der Waals surface area contributed by atoms with Crippen molar-refractivity contribution in [2.75, 3.05) is 0 Å². The molecule has 0 saturated heterocycles. The number of aromatic nitrogens is 1. The fourth-order valence-corrected chi connectivity index (χ4v) is 0.584. The van der Waals surface area contributed by atoms with Crippen molar-refractivity contribution >= 4 is 8.05 Å². The van der Waals surface area contributed by atoms with Crippen molar-refractivity contribution in [2.24, 2.45) is 0 Å². The normalized spacial score (nSPS) is 9.00. The molecule has 0 aliphatic rings. The van der Waals surface area contributed by atoms with Crippen molar-refractivity contribution in [3.8, 4) is 5.88 Å². The maximum Gasteiger partial charge on any atom is 0.376 e. The van der Waals surface area contributed by atoms with Gasteiger partial charge in [-0.2, -0.15) is 0 Å². The number of nitrogens with zero attached hydrogens (tertiary/aromatic N) is 1. The summed E-state index contributed by atoms with van der Waals surface area (Å²) in [7, 11) is 4.86. The van der Waals surface area contributed by atoms with E-state index in [1.165, 1.54) is 0 Å². The van der Waals surface area contributed by atoms with Gasteiger partial charge in [0.15, 0.2) is 5.88 Å². The average Bonchev–Trinajstić information content (AvgIpc) is 1.88. The van der Waals surface area contributed by atoms with E-state index in [1.807, 2.05) is 19.1 Å². The fourth-order valence-electron chi connectivity index (χ4n) is 0.584. The zero-order valence-corrected chi connectivity index (χ0v) is 5.16. The predicted molar refractivity (Wildman–Crippen MR) is 35.4 cm³/mol. The Kier molecular flexibility index (Phi) is 1.73. The molecule has 0 fully saturated rings. The highest BCUT2D eigenvalue weighted by molar-refractivity contribution is 5.99. The van der Waals surface area contributed by atoms with Crippen LogP contribution in [0.2, 0.25) is 0 Å². The third-order valence-electron chi connectivity index (χ3n) is 0.984. The van der Waals surface area contributed by atoms with Crippen LogP contribution in [-0.2, 0) is 0 Å². The number of hydrogen-bond acceptors (Lipinski definition) is 2. The Bertz CT molecular complexity index is 202. The summed E-state index contributed by atoms with van der Waals surface area (Å²) in [4.78, 5) is 3.94. The summed E-state index contributed by atoms with van der Waals surface area (Å²) in [6.45, 7) is 1.88. The van der Waals surface area contributed by atoms with E-state index in [1.54, 1.807) is 6.07 Å². The van der Waals surface area contributed by atoms with Crippen molar-refractivity contribution in [2.45, 2.75) is 6.92 Å². The van der Waals surface area contributed by atoms with Crippen LogP contribution in [0, 0.1) is 6.92 Å².